The van der Waals surface area contributed by atoms with Crippen LogP contribution >= 0.6 is 0 Å². The van der Waals surface area contributed by atoms with Crippen molar-refractivity contribution in [2.24, 2.45) is 17.8 Å². The summed E-state index contributed by atoms with van der Waals surface area (Å²) < 4.78 is 0. The summed E-state index contributed by atoms with van der Waals surface area (Å²) in [4.78, 5) is 0. The van der Waals surface area contributed by atoms with Gasteiger partial charge in [0.15, 0.2) is 0 Å². The summed E-state index contributed by atoms with van der Waals surface area (Å²) in [6.07, 6.45) is 6.69. The Hall–Kier alpha value is -0.0800. The Morgan fingerprint density at radius 1 is 0.688 bits per heavy atom. The Labute approximate surface area is 101 Å². The van der Waals surface area contributed by atoms with Gasteiger partial charge in [-0.05, 0) is 30.6 Å². The van der Waals surface area contributed by atoms with Gasteiger partial charge in [0.2, 0.25) is 0 Å². The van der Waals surface area contributed by atoms with E-state index in [0.29, 0.717) is 17.8 Å². The van der Waals surface area contributed by atoms with Crippen molar-refractivity contribution in [3.05, 3.63) is 0 Å². The summed E-state index contributed by atoms with van der Waals surface area (Å²) in [5.41, 5.74) is 0. The predicted molar refractivity (Wildman–Crippen MR) is 69.4 cm³/mol. The molecule has 0 saturated carbocycles. The van der Waals surface area contributed by atoms with Crippen LogP contribution < -0.4 is 0 Å². The molecule has 0 aromatic carbocycles. The maximum atomic E-state index is 9.49. The van der Waals surface area contributed by atoms with Crippen LogP contribution in [0.15, 0.2) is 0 Å². The molecule has 0 aromatic heterocycles. The summed E-state index contributed by atoms with van der Waals surface area (Å²) in [7, 11) is 0. The Morgan fingerprint density at radius 3 is 1.31 bits per heavy atom. The standard InChI is InChI=1S/C14H30O2/c1-4-7-12(10-15)14(9-6-3)13(11-16)8-5-2/h12-16H,4-11H2,1-3H3. The Kier molecular flexibility index (Phi) is 10.0. The summed E-state index contributed by atoms with van der Waals surface area (Å²) in [6.45, 7) is 7.07. The van der Waals surface area contributed by atoms with Gasteiger partial charge in [-0.1, -0.05) is 46.5 Å². The molecule has 2 N–H and O–H groups in total. The van der Waals surface area contributed by atoms with E-state index >= 15 is 0 Å². The van der Waals surface area contributed by atoms with Crippen molar-refractivity contribution in [3.8, 4) is 0 Å². The minimum Gasteiger partial charge on any atom is -0.396 e. The first-order valence-electron chi connectivity index (χ1n) is 6.96. The smallest absolute Gasteiger partial charge is 0.0462 e. The molecule has 2 atom stereocenters. The lowest BCUT2D eigenvalue weighted by Gasteiger charge is -2.31. The molecule has 0 aliphatic carbocycles. The van der Waals surface area contributed by atoms with Crippen molar-refractivity contribution in [1.82, 2.24) is 0 Å². The molecule has 0 aliphatic heterocycles. The molecule has 2 unspecified atom stereocenters. The molecule has 98 valence electrons. The molecule has 0 radical (unpaired) electrons. The normalized spacial score (nSPS) is 17.1. The van der Waals surface area contributed by atoms with E-state index in [9.17, 15) is 10.2 Å². The first-order valence-corrected chi connectivity index (χ1v) is 6.96. The van der Waals surface area contributed by atoms with Gasteiger partial charge in [-0.15, -0.1) is 0 Å². The van der Waals surface area contributed by atoms with Gasteiger partial charge >= 0.3 is 0 Å². The Balaban J connectivity index is 4.50. The SMILES string of the molecule is CCCC(CO)C(CCC)C(CO)CCC. The zero-order valence-electron chi connectivity index (χ0n) is 11.3. The fraction of sp³-hybridized carbons (Fsp3) is 1.00. The van der Waals surface area contributed by atoms with Crippen LogP contribution in [-0.4, -0.2) is 23.4 Å². The molecule has 16 heavy (non-hydrogen) atoms. The fourth-order valence-electron chi connectivity index (χ4n) is 2.81. The quantitative estimate of drug-likeness (QED) is 0.605. The van der Waals surface area contributed by atoms with Gasteiger partial charge in [0, 0.05) is 13.2 Å². The predicted octanol–water partition coefficient (Wildman–Crippen LogP) is 3.22. The average Bonchev–Trinajstić information content (AvgIpc) is 2.31. The van der Waals surface area contributed by atoms with E-state index in [-0.39, 0.29) is 13.2 Å². The summed E-state index contributed by atoms with van der Waals surface area (Å²) in [6, 6.07) is 0. The van der Waals surface area contributed by atoms with E-state index in [2.05, 4.69) is 20.8 Å². The van der Waals surface area contributed by atoms with Crippen LogP contribution in [0.3, 0.4) is 0 Å². The van der Waals surface area contributed by atoms with E-state index in [0.717, 1.165) is 38.5 Å². The van der Waals surface area contributed by atoms with E-state index < -0.39 is 0 Å². The topological polar surface area (TPSA) is 40.5 Å². The third-order valence-electron chi connectivity index (χ3n) is 3.62. The lowest BCUT2D eigenvalue weighted by Crippen LogP contribution is -2.28. The van der Waals surface area contributed by atoms with E-state index in [4.69, 9.17) is 0 Å². The van der Waals surface area contributed by atoms with Crippen molar-refractivity contribution in [1.29, 1.82) is 0 Å². The maximum absolute atomic E-state index is 9.49. The highest BCUT2D eigenvalue weighted by Crippen LogP contribution is 2.31. The van der Waals surface area contributed by atoms with E-state index in [1.54, 1.807) is 0 Å². The van der Waals surface area contributed by atoms with Crippen LogP contribution in [0.5, 0.6) is 0 Å². The maximum Gasteiger partial charge on any atom is 0.0462 e. The highest BCUT2D eigenvalue weighted by molar-refractivity contribution is 4.76. The zero-order chi connectivity index (χ0) is 12.4. The zero-order valence-corrected chi connectivity index (χ0v) is 11.3. The molecule has 0 fully saturated rings. The molecule has 0 saturated heterocycles. The monoisotopic (exact) mass is 230 g/mol. The van der Waals surface area contributed by atoms with Gasteiger partial charge in [0.25, 0.3) is 0 Å². The highest BCUT2D eigenvalue weighted by Gasteiger charge is 2.26. The second-order valence-corrected chi connectivity index (χ2v) is 4.92. The summed E-state index contributed by atoms with van der Waals surface area (Å²) in [5.74, 6) is 1.27. The van der Waals surface area contributed by atoms with Gasteiger partial charge < -0.3 is 10.2 Å². The van der Waals surface area contributed by atoms with Gasteiger partial charge in [-0.3, -0.25) is 0 Å². The highest BCUT2D eigenvalue weighted by atomic mass is 16.3. The van der Waals surface area contributed by atoms with E-state index in [1.807, 2.05) is 0 Å². The minimum absolute atomic E-state index is 0.277. The fourth-order valence-corrected chi connectivity index (χ4v) is 2.81. The molecule has 2 nitrogen and oxygen atoms in total. The van der Waals surface area contributed by atoms with Gasteiger partial charge in [0.1, 0.15) is 0 Å². The average molecular weight is 230 g/mol. The number of rotatable bonds is 10. The van der Waals surface area contributed by atoms with Crippen LogP contribution in [0.2, 0.25) is 0 Å². The van der Waals surface area contributed by atoms with Crippen molar-refractivity contribution in [2.45, 2.75) is 59.3 Å². The molecule has 2 heteroatoms. The molecular formula is C14H30O2. The second kappa shape index (κ2) is 10.1. The van der Waals surface area contributed by atoms with Gasteiger partial charge in [-0.2, -0.15) is 0 Å². The first kappa shape index (κ1) is 15.9. The lowest BCUT2D eigenvalue weighted by molar-refractivity contribution is 0.0785. The first-order chi connectivity index (χ1) is 7.74. The van der Waals surface area contributed by atoms with Crippen LogP contribution in [0.1, 0.15) is 59.3 Å². The number of aliphatic hydroxyl groups is 2. The van der Waals surface area contributed by atoms with Crippen molar-refractivity contribution < 1.29 is 10.2 Å². The minimum atomic E-state index is 0.277. The molecule has 0 aromatic rings. The summed E-state index contributed by atoms with van der Waals surface area (Å²) >= 11 is 0. The molecule has 0 aliphatic rings. The number of hydrogen-bond acceptors (Lipinski definition) is 2. The molecular weight excluding hydrogens is 200 g/mol. The molecule has 0 spiro atoms. The number of hydrogen-bond donors (Lipinski definition) is 2. The van der Waals surface area contributed by atoms with Crippen molar-refractivity contribution in [3.63, 3.8) is 0 Å². The van der Waals surface area contributed by atoms with Crippen molar-refractivity contribution in [2.75, 3.05) is 13.2 Å². The van der Waals surface area contributed by atoms with Gasteiger partial charge in [-0.25, -0.2) is 0 Å². The largest absolute Gasteiger partial charge is 0.396 e. The van der Waals surface area contributed by atoms with E-state index in [1.165, 1.54) is 0 Å². The third-order valence-corrected chi connectivity index (χ3v) is 3.62. The Bertz CT molecular complexity index is 134. The van der Waals surface area contributed by atoms with Crippen LogP contribution in [0.4, 0.5) is 0 Å². The van der Waals surface area contributed by atoms with Crippen molar-refractivity contribution >= 4 is 0 Å². The molecule has 0 amide bonds. The number of aliphatic hydroxyl groups excluding tert-OH is 2. The Morgan fingerprint density at radius 2 is 1.06 bits per heavy atom. The van der Waals surface area contributed by atoms with Crippen LogP contribution in [0.25, 0.3) is 0 Å². The molecule has 0 heterocycles. The van der Waals surface area contributed by atoms with Crippen LogP contribution in [-0.2, 0) is 0 Å². The van der Waals surface area contributed by atoms with Gasteiger partial charge in [0.05, 0.1) is 0 Å². The lowest BCUT2D eigenvalue weighted by atomic mass is 9.75. The molecule has 0 rings (SSSR count). The summed E-state index contributed by atoms with van der Waals surface area (Å²) in [5, 5.41) is 19.0. The third kappa shape index (κ3) is 5.31. The second-order valence-electron chi connectivity index (χ2n) is 4.92. The molecule has 0 bridgehead atoms. The van der Waals surface area contributed by atoms with Crippen LogP contribution in [0, 0.1) is 17.8 Å².